The molecule has 3 rings (SSSR count). The van der Waals surface area contributed by atoms with E-state index in [1.54, 1.807) is 61.9 Å². The van der Waals surface area contributed by atoms with E-state index in [9.17, 15) is 33.8 Å². The van der Waals surface area contributed by atoms with Gasteiger partial charge in [0.2, 0.25) is 17.7 Å². The van der Waals surface area contributed by atoms with E-state index in [2.05, 4.69) is 5.32 Å². The van der Waals surface area contributed by atoms with Crippen molar-refractivity contribution in [1.29, 1.82) is 0 Å². The molecule has 3 amide bonds. The van der Waals surface area contributed by atoms with Gasteiger partial charge in [0.1, 0.15) is 23.7 Å². The first-order valence-corrected chi connectivity index (χ1v) is 16.0. The lowest BCUT2D eigenvalue weighted by Crippen LogP contribution is -2.60. The second-order valence-electron chi connectivity index (χ2n) is 13.9. The lowest BCUT2D eigenvalue weighted by Gasteiger charge is -2.39. The maximum absolute atomic E-state index is 14.1. The van der Waals surface area contributed by atoms with Crippen molar-refractivity contribution in [2.75, 3.05) is 39.8 Å². The van der Waals surface area contributed by atoms with Crippen LogP contribution in [-0.4, -0.2) is 107 Å². The summed E-state index contributed by atoms with van der Waals surface area (Å²) in [5.74, 6) is -3.32. The molecule has 12 heteroatoms. The summed E-state index contributed by atoms with van der Waals surface area (Å²) in [7, 11) is 1.54. The molecular weight excluding hydrogens is 605 g/mol. The molecule has 1 fully saturated rings. The average Bonchev–Trinajstić information content (AvgIpc) is 3.01. The third kappa shape index (κ3) is 9.74. The summed E-state index contributed by atoms with van der Waals surface area (Å²) >= 11 is 0. The summed E-state index contributed by atoms with van der Waals surface area (Å²) in [5.41, 5.74) is 8.06. The number of rotatable bonds is 12. The maximum Gasteiger partial charge on any atom is 0.317 e. The molecule has 2 aromatic rings. The van der Waals surface area contributed by atoms with Gasteiger partial charge in [-0.2, -0.15) is 0 Å². The molecule has 4 atom stereocenters. The van der Waals surface area contributed by atoms with E-state index in [0.29, 0.717) is 37.3 Å². The van der Waals surface area contributed by atoms with Crippen molar-refractivity contribution in [1.82, 2.24) is 20.0 Å². The molecule has 258 valence electrons. The van der Waals surface area contributed by atoms with Gasteiger partial charge >= 0.3 is 5.97 Å². The van der Waals surface area contributed by atoms with Crippen LogP contribution in [0, 0.1) is 11.7 Å². The number of benzene rings is 2. The number of carboxylic acid groups (broad SMARTS) is 1. The highest BCUT2D eigenvalue weighted by Crippen LogP contribution is 2.32. The molecule has 0 bridgehead atoms. The molecule has 2 aromatic carbocycles. The number of phenols is 1. The number of likely N-dealkylation sites (N-methyl/N-ethyl adjacent to an activating group) is 1. The fourth-order valence-electron chi connectivity index (χ4n) is 5.79. The van der Waals surface area contributed by atoms with Gasteiger partial charge in [-0.3, -0.25) is 24.1 Å². The van der Waals surface area contributed by atoms with Gasteiger partial charge in [0, 0.05) is 45.6 Å². The van der Waals surface area contributed by atoms with Crippen molar-refractivity contribution >= 4 is 23.7 Å². The third-order valence-corrected chi connectivity index (χ3v) is 8.91. The first-order chi connectivity index (χ1) is 21.9. The number of nitrogens with one attached hydrogen (secondary N) is 1. The number of aromatic hydroxyl groups is 1. The van der Waals surface area contributed by atoms with Gasteiger partial charge in [0.15, 0.2) is 0 Å². The highest BCUT2D eigenvalue weighted by atomic mass is 19.1. The Balaban J connectivity index is 1.88. The summed E-state index contributed by atoms with van der Waals surface area (Å²) in [4.78, 5) is 57.6. The maximum atomic E-state index is 14.1. The fourth-order valence-corrected chi connectivity index (χ4v) is 5.79. The van der Waals surface area contributed by atoms with E-state index in [1.807, 2.05) is 26.8 Å². The number of hydrogen-bond donors (Lipinski definition) is 4. The molecule has 1 heterocycles. The number of nitrogens with zero attached hydrogens (tertiary/aromatic N) is 3. The smallest absolute Gasteiger partial charge is 0.317 e. The van der Waals surface area contributed by atoms with Crippen LogP contribution in [-0.2, 0) is 31.0 Å². The van der Waals surface area contributed by atoms with Crippen LogP contribution in [0.25, 0.3) is 0 Å². The number of amides is 3. The number of nitrogens with two attached hydrogens (primary N) is 1. The quantitative estimate of drug-likeness (QED) is 0.272. The zero-order valence-corrected chi connectivity index (χ0v) is 28.5. The average molecular weight is 656 g/mol. The summed E-state index contributed by atoms with van der Waals surface area (Å²) in [6.07, 6.45) is 0.152. The topological polar surface area (TPSA) is 157 Å². The number of carboxylic acids is 1. The SMILES string of the molecule is CC(c1ccc(F)cc1)[C@H](N)C(=O)N[C@H](C(=O)N(C)[C@@H](Cc1ccc(O)c(C(C)(C)C)c1)C(=O)N1CCN(CC(=O)O)CC1)C(C)C. The van der Waals surface area contributed by atoms with Crippen LogP contribution in [0.5, 0.6) is 5.75 Å². The lowest BCUT2D eigenvalue weighted by atomic mass is 9.84. The molecule has 5 N–H and O–H groups in total. The van der Waals surface area contributed by atoms with Gasteiger partial charge < -0.3 is 31.1 Å². The molecular formula is C35H50FN5O6. The first-order valence-electron chi connectivity index (χ1n) is 16.0. The van der Waals surface area contributed by atoms with E-state index < -0.39 is 47.6 Å². The number of hydrogen-bond acceptors (Lipinski definition) is 7. The predicted molar refractivity (Wildman–Crippen MR) is 177 cm³/mol. The molecule has 0 spiro atoms. The number of piperazine rings is 1. The fraction of sp³-hybridized carbons (Fsp3) is 0.543. The van der Waals surface area contributed by atoms with Crippen molar-refractivity contribution < 1.29 is 33.8 Å². The van der Waals surface area contributed by atoms with E-state index in [0.717, 1.165) is 5.56 Å². The number of phenolic OH excluding ortho intramolecular Hbond substituents is 1. The number of carbonyl (C=O) groups is 4. The Bertz CT molecular complexity index is 1420. The molecule has 47 heavy (non-hydrogen) atoms. The second kappa shape index (κ2) is 15.7. The monoisotopic (exact) mass is 655 g/mol. The minimum atomic E-state index is -1.02. The minimum absolute atomic E-state index is 0.120. The molecule has 11 nitrogen and oxygen atoms in total. The molecule has 1 aliphatic heterocycles. The van der Waals surface area contributed by atoms with Gasteiger partial charge in [-0.1, -0.05) is 65.8 Å². The Labute approximate surface area is 276 Å². The van der Waals surface area contributed by atoms with Gasteiger partial charge in [0.05, 0.1) is 12.6 Å². The van der Waals surface area contributed by atoms with Gasteiger partial charge in [-0.15, -0.1) is 0 Å². The lowest BCUT2D eigenvalue weighted by molar-refractivity contribution is -0.148. The zero-order chi connectivity index (χ0) is 35.2. The first kappa shape index (κ1) is 37.4. The van der Waals surface area contributed by atoms with Crippen molar-refractivity contribution in [2.45, 2.75) is 77.4 Å². The van der Waals surface area contributed by atoms with Crippen LogP contribution in [0.15, 0.2) is 42.5 Å². The summed E-state index contributed by atoms with van der Waals surface area (Å²) in [5, 5.41) is 22.5. The standard InChI is InChI=1S/C35H50FN5O6/c1-21(2)31(38-32(45)30(37)22(3)24-9-11-25(36)12-10-24)34(47)39(7)27(19-23-8-13-28(42)26(18-23)35(4,5)6)33(46)41-16-14-40(15-17-41)20-29(43)44/h8-13,18,21-22,27,30-31,42H,14-17,19-20,37H2,1-7H3,(H,38,45)(H,43,44)/t22?,27-,30-,31-/m0/s1. The zero-order valence-electron chi connectivity index (χ0n) is 28.5. The largest absolute Gasteiger partial charge is 0.508 e. The Hall–Kier alpha value is -4.03. The van der Waals surface area contributed by atoms with Gasteiger partial charge in [-0.05, 0) is 46.2 Å². The molecule has 0 aliphatic carbocycles. The highest BCUT2D eigenvalue weighted by molar-refractivity contribution is 5.93. The van der Waals surface area contributed by atoms with Gasteiger partial charge in [-0.25, -0.2) is 4.39 Å². The molecule has 0 aromatic heterocycles. The Morgan fingerprint density at radius 1 is 1.00 bits per heavy atom. The van der Waals surface area contributed by atoms with E-state index in [-0.39, 0.29) is 36.0 Å². The number of aliphatic carboxylic acids is 1. The van der Waals surface area contributed by atoms with Crippen LogP contribution < -0.4 is 11.1 Å². The predicted octanol–water partition coefficient (Wildman–Crippen LogP) is 2.70. The van der Waals surface area contributed by atoms with Crippen molar-refractivity contribution in [3.63, 3.8) is 0 Å². The molecule has 1 aliphatic rings. The molecule has 0 saturated carbocycles. The Morgan fingerprint density at radius 2 is 1.60 bits per heavy atom. The molecule has 0 radical (unpaired) electrons. The summed E-state index contributed by atoms with van der Waals surface area (Å²) in [6.45, 7) is 12.5. The summed E-state index contributed by atoms with van der Waals surface area (Å²) in [6, 6.07) is 7.93. The van der Waals surface area contributed by atoms with Crippen LogP contribution in [0.4, 0.5) is 4.39 Å². The van der Waals surface area contributed by atoms with Crippen molar-refractivity contribution in [3.05, 3.63) is 65.0 Å². The van der Waals surface area contributed by atoms with E-state index >= 15 is 0 Å². The Kier molecular flexibility index (Phi) is 12.5. The highest BCUT2D eigenvalue weighted by Gasteiger charge is 2.38. The Morgan fingerprint density at radius 3 is 2.13 bits per heavy atom. The van der Waals surface area contributed by atoms with Crippen LogP contribution in [0.1, 0.15) is 64.2 Å². The third-order valence-electron chi connectivity index (χ3n) is 8.91. The minimum Gasteiger partial charge on any atom is -0.508 e. The van der Waals surface area contributed by atoms with Crippen LogP contribution in [0.2, 0.25) is 0 Å². The number of halogens is 1. The van der Waals surface area contributed by atoms with Crippen molar-refractivity contribution in [2.24, 2.45) is 11.7 Å². The van der Waals surface area contributed by atoms with E-state index in [4.69, 9.17) is 5.73 Å². The van der Waals surface area contributed by atoms with Crippen LogP contribution >= 0.6 is 0 Å². The molecule has 1 saturated heterocycles. The van der Waals surface area contributed by atoms with E-state index in [1.165, 1.54) is 17.0 Å². The molecule has 1 unspecified atom stereocenters. The van der Waals surface area contributed by atoms with Crippen LogP contribution in [0.3, 0.4) is 0 Å². The normalized spacial score (nSPS) is 16.7. The second-order valence-corrected chi connectivity index (χ2v) is 13.9. The van der Waals surface area contributed by atoms with Crippen molar-refractivity contribution in [3.8, 4) is 5.75 Å². The van der Waals surface area contributed by atoms with Gasteiger partial charge in [0.25, 0.3) is 0 Å². The number of carbonyl (C=O) groups excluding carboxylic acids is 3. The summed E-state index contributed by atoms with van der Waals surface area (Å²) < 4.78 is 13.5.